The Balaban J connectivity index is 1.44. The molecule has 4 aromatic rings. The highest BCUT2D eigenvalue weighted by Crippen LogP contribution is 2.44. The quantitative estimate of drug-likeness (QED) is 0.386. The molecule has 0 bridgehead atoms. The van der Waals surface area contributed by atoms with Gasteiger partial charge < -0.3 is 14.6 Å². The number of carbonyl (C=O) groups is 1. The Labute approximate surface area is 226 Å². The standard InChI is InChI=1S/C28H30BN5O3S/c1-16-7-8-18(15-30-16)23-21-13-14-22-25(38-26(32-22)31-17(2)35)24(21)34(33-23)20-11-9-19(10-12-20)29-36-27(3,4)28(5,6)37-29/h7-12,15H,13-14H2,1-6H3,(H,31,32,35). The number of hydrogen-bond acceptors (Lipinski definition) is 7. The molecule has 0 unspecified atom stereocenters. The van der Waals surface area contributed by atoms with E-state index in [1.54, 1.807) is 0 Å². The fraction of sp³-hybridized carbons (Fsp3) is 0.357. The summed E-state index contributed by atoms with van der Waals surface area (Å²) in [6.45, 7) is 11.7. The lowest BCUT2D eigenvalue weighted by molar-refractivity contribution is -0.114. The maximum absolute atomic E-state index is 11.7. The van der Waals surface area contributed by atoms with Crippen LogP contribution in [0.25, 0.3) is 27.5 Å². The van der Waals surface area contributed by atoms with Crippen LogP contribution in [0.1, 0.15) is 51.6 Å². The van der Waals surface area contributed by atoms with Crippen molar-refractivity contribution >= 4 is 35.0 Å². The summed E-state index contributed by atoms with van der Waals surface area (Å²) in [6.07, 6.45) is 3.48. The molecular formula is C28H30BN5O3S. The van der Waals surface area contributed by atoms with Crippen LogP contribution in [0.2, 0.25) is 0 Å². The minimum Gasteiger partial charge on any atom is -0.399 e. The summed E-state index contributed by atoms with van der Waals surface area (Å²) < 4.78 is 14.5. The molecule has 1 aliphatic heterocycles. The molecule has 1 saturated heterocycles. The highest BCUT2D eigenvalue weighted by Gasteiger charge is 2.51. The number of nitrogens with zero attached hydrogens (tertiary/aromatic N) is 4. The number of thiazole rings is 1. The van der Waals surface area contributed by atoms with E-state index < -0.39 is 18.3 Å². The fourth-order valence-corrected chi connectivity index (χ4v) is 5.97. The Morgan fingerprint density at radius 3 is 2.39 bits per heavy atom. The molecule has 1 amide bonds. The number of hydrogen-bond donors (Lipinski definition) is 1. The number of carbonyl (C=O) groups excluding carboxylic acids is 1. The van der Waals surface area contributed by atoms with E-state index in [4.69, 9.17) is 19.4 Å². The van der Waals surface area contributed by atoms with Gasteiger partial charge in [0.2, 0.25) is 5.91 Å². The van der Waals surface area contributed by atoms with Crippen LogP contribution in [0.5, 0.6) is 0 Å². The number of rotatable bonds is 4. The first-order chi connectivity index (χ1) is 18.0. The third kappa shape index (κ3) is 4.17. The molecule has 0 atom stereocenters. The van der Waals surface area contributed by atoms with Gasteiger partial charge in [-0.2, -0.15) is 5.10 Å². The van der Waals surface area contributed by atoms with Crippen molar-refractivity contribution in [1.29, 1.82) is 0 Å². The molecule has 2 aliphatic rings. The smallest absolute Gasteiger partial charge is 0.399 e. The number of anilines is 1. The van der Waals surface area contributed by atoms with Gasteiger partial charge >= 0.3 is 7.12 Å². The van der Waals surface area contributed by atoms with Gasteiger partial charge in [-0.1, -0.05) is 23.5 Å². The lowest BCUT2D eigenvalue weighted by Gasteiger charge is -2.32. The zero-order valence-electron chi connectivity index (χ0n) is 22.5. The number of aryl methyl sites for hydroxylation is 2. The van der Waals surface area contributed by atoms with Crippen LogP contribution in [0.3, 0.4) is 0 Å². The SMILES string of the molecule is CC(=O)Nc1nc2c(s1)-c1c(c(-c3ccc(C)nc3)nn1-c1ccc(B3OC(C)(C)C(C)(C)O3)cc1)CC2. The molecule has 194 valence electrons. The molecular weight excluding hydrogens is 497 g/mol. The molecule has 8 nitrogen and oxygen atoms in total. The zero-order valence-corrected chi connectivity index (χ0v) is 23.3. The van der Waals surface area contributed by atoms with E-state index in [0.717, 1.165) is 62.8 Å². The number of amides is 1. The van der Waals surface area contributed by atoms with E-state index in [1.807, 2.05) is 36.0 Å². The first-order valence-corrected chi connectivity index (χ1v) is 13.6. The van der Waals surface area contributed by atoms with Crippen molar-refractivity contribution in [2.45, 2.75) is 65.6 Å². The molecule has 0 radical (unpaired) electrons. The second kappa shape index (κ2) is 8.86. The summed E-state index contributed by atoms with van der Waals surface area (Å²) in [5.74, 6) is -0.130. The average Bonchev–Trinajstić information content (AvgIpc) is 3.50. The second-order valence-electron chi connectivity index (χ2n) is 10.9. The molecule has 0 saturated carbocycles. The van der Waals surface area contributed by atoms with Gasteiger partial charge in [0.1, 0.15) is 0 Å². The average molecular weight is 527 g/mol. The van der Waals surface area contributed by atoms with Gasteiger partial charge in [0, 0.05) is 29.9 Å². The van der Waals surface area contributed by atoms with Gasteiger partial charge in [0.15, 0.2) is 5.13 Å². The number of aromatic nitrogens is 4. The van der Waals surface area contributed by atoms with Crippen LogP contribution in [0, 0.1) is 6.92 Å². The molecule has 0 spiro atoms. The van der Waals surface area contributed by atoms with E-state index in [2.05, 4.69) is 56.2 Å². The van der Waals surface area contributed by atoms with Crippen molar-refractivity contribution in [1.82, 2.24) is 19.7 Å². The largest absolute Gasteiger partial charge is 0.494 e. The van der Waals surface area contributed by atoms with E-state index >= 15 is 0 Å². The number of nitrogens with one attached hydrogen (secondary N) is 1. The fourth-order valence-electron chi connectivity index (χ4n) is 4.85. The lowest BCUT2D eigenvalue weighted by atomic mass is 9.79. The molecule has 1 aliphatic carbocycles. The summed E-state index contributed by atoms with van der Waals surface area (Å²) in [4.78, 5) is 22.0. The predicted octanol–water partition coefficient (Wildman–Crippen LogP) is 4.72. The van der Waals surface area contributed by atoms with E-state index in [1.165, 1.54) is 18.3 Å². The van der Waals surface area contributed by atoms with Gasteiger partial charge in [-0.3, -0.25) is 9.78 Å². The van der Waals surface area contributed by atoms with Crippen LogP contribution in [0.4, 0.5) is 5.13 Å². The minimum absolute atomic E-state index is 0.130. The Morgan fingerprint density at radius 1 is 1.05 bits per heavy atom. The van der Waals surface area contributed by atoms with Crippen LogP contribution >= 0.6 is 11.3 Å². The van der Waals surface area contributed by atoms with Crippen LogP contribution < -0.4 is 10.8 Å². The third-order valence-corrected chi connectivity index (χ3v) is 8.66. The monoisotopic (exact) mass is 527 g/mol. The topological polar surface area (TPSA) is 91.2 Å². The second-order valence-corrected chi connectivity index (χ2v) is 11.9. The Kier molecular flexibility index (Phi) is 5.82. The van der Waals surface area contributed by atoms with Gasteiger partial charge in [0.05, 0.1) is 38.8 Å². The normalized spacial score (nSPS) is 17.3. The summed E-state index contributed by atoms with van der Waals surface area (Å²) in [5, 5.41) is 8.57. The zero-order chi connectivity index (χ0) is 26.8. The van der Waals surface area contributed by atoms with Gasteiger partial charge in [0.25, 0.3) is 0 Å². The summed E-state index contributed by atoms with van der Waals surface area (Å²) in [5.41, 5.74) is 7.11. The molecule has 10 heteroatoms. The third-order valence-electron chi connectivity index (χ3n) is 7.64. The van der Waals surface area contributed by atoms with E-state index in [-0.39, 0.29) is 5.91 Å². The molecule has 4 heterocycles. The van der Waals surface area contributed by atoms with E-state index in [0.29, 0.717) is 5.13 Å². The summed E-state index contributed by atoms with van der Waals surface area (Å²) >= 11 is 1.49. The van der Waals surface area contributed by atoms with Crippen molar-refractivity contribution in [2.75, 3.05) is 5.32 Å². The molecule has 1 fully saturated rings. The summed E-state index contributed by atoms with van der Waals surface area (Å²) in [7, 11) is -0.428. The highest BCUT2D eigenvalue weighted by molar-refractivity contribution is 7.19. The number of fused-ring (bicyclic) bond motifs is 3. The number of benzene rings is 1. The summed E-state index contributed by atoms with van der Waals surface area (Å²) in [6, 6.07) is 12.3. The molecule has 1 aromatic carbocycles. The predicted molar refractivity (Wildman–Crippen MR) is 150 cm³/mol. The van der Waals surface area contributed by atoms with Crippen molar-refractivity contribution in [3.8, 4) is 27.5 Å². The number of pyridine rings is 1. The molecule has 38 heavy (non-hydrogen) atoms. The lowest BCUT2D eigenvalue weighted by Crippen LogP contribution is -2.41. The highest BCUT2D eigenvalue weighted by atomic mass is 32.1. The van der Waals surface area contributed by atoms with Crippen molar-refractivity contribution in [3.63, 3.8) is 0 Å². The van der Waals surface area contributed by atoms with Gasteiger partial charge in [-0.25, -0.2) is 9.67 Å². The van der Waals surface area contributed by atoms with Crippen LogP contribution in [-0.4, -0.2) is 44.0 Å². The minimum atomic E-state index is -0.428. The maximum Gasteiger partial charge on any atom is 0.494 e. The first-order valence-electron chi connectivity index (χ1n) is 12.8. The Morgan fingerprint density at radius 2 is 1.76 bits per heavy atom. The van der Waals surface area contributed by atoms with Gasteiger partial charge in [-0.05, 0) is 77.2 Å². The van der Waals surface area contributed by atoms with E-state index in [9.17, 15) is 4.79 Å². The van der Waals surface area contributed by atoms with Crippen molar-refractivity contribution < 1.29 is 14.1 Å². The van der Waals surface area contributed by atoms with Crippen LogP contribution in [-0.2, 0) is 26.9 Å². The van der Waals surface area contributed by atoms with Gasteiger partial charge in [-0.15, -0.1) is 0 Å². The van der Waals surface area contributed by atoms with Crippen molar-refractivity contribution in [2.24, 2.45) is 0 Å². The van der Waals surface area contributed by atoms with Crippen LogP contribution in [0.15, 0.2) is 42.6 Å². The van der Waals surface area contributed by atoms with Crippen molar-refractivity contribution in [3.05, 3.63) is 59.5 Å². The molecule has 1 N–H and O–H groups in total. The molecule has 6 rings (SSSR count). The maximum atomic E-state index is 11.7. The molecule has 3 aromatic heterocycles. The Hall–Kier alpha value is -3.34. The first kappa shape index (κ1) is 25.0. The Bertz CT molecular complexity index is 1520.